The molecule has 0 radical (unpaired) electrons. The predicted molar refractivity (Wildman–Crippen MR) is 107 cm³/mol. The number of aryl methyl sites for hydroxylation is 1. The Kier molecular flexibility index (Phi) is 5.01. The fourth-order valence-electron chi connectivity index (χ4n) is 3.74. The van der Waals surface area contributed by atoms with Gasteiger partial charge in [-0.3, -0.25) is 9.59 Å². The maximum absolute atomic E-state index is 13.6. The van der Waals surface area contributed by atoms with Gasteiger partial charge in [0.2, 0.25) is 0 Å². The summed E-state index contributed by atoms with van der Waals surface area (Å²) in [6.45, 7) is 2.19. The van der Waals surface area contributed by atoms with Gasteiger partial charge in [-0.05, 0) is 67.3 Å². The average molecular weight is 394 g/mol. The largest absolute Gasteiger partial charge is 0.310 e. The van der Waals surface area contributed by atoms with Gasteiger partial charge in [0.25, 0.3) is 11.5 Å². The number of rotatable bonds is 3. The zero-order chi connectivity index (χ0) is 20.5. The highest BCUT2D eigenvalue weighted by Gasteiger charge is 2.29. The molecule has 0 bridgehead atoms. The fourth-order valence-corrected chi connectivity index (χ4v) is 3.74. The van der Waals surface area contributed by atoms with Gasteiger partial charge in [-0.2, -0.15) is 0 Å². The van der Waals surface area contributed by atoms with Crippen molar-refractivity contribution in [3.05, 3.63) is 99.5 Å². The Balaban J connectivity index is 1.67. The molecule has 1 atom stereocenters. The lowest BCUT2D eigenvalue weighted by atomic mass is 9.95. The Labute approximate surface area is 167 Å². The average Bonchev–Trinajstić information content (AvgIpc) is 2.71. The standard InChI is InChI=1S/C23H20F2N2O2/c1-15-2-5-17-12-20(25)9-10-21(17)27(15)23(29)18-6-11-22(28)26(14-18)13-16-3-7-19(24)8-4-16/h3-4,6-12,14-15H,2,5,13H2,1H3/t15-/m0/s1. The van der Waals surface area contributed by atoms with Crippen molar-refractivity contribution in [2.45, 2.75) is 32.4 Å². The van der Waals surface area contributed by atoms with Crippen LogP contribution in [-0.4, -0.2) is 16.5 Å². The van der Waals surface area contributed by atoms with Crippen LogP contribution in [0.3, 0.4) is 0 Å². The molecule has 4 nitrogen and oxygen atoms in total. The highest BCUT2D eigenvalue weighted by Crippen LogP contribution is 2.32. The Hall–Kier alpha value is -3.28. The van der Waals surface area contributed by atoms with Gasteiger partial charge in [-0.1, -0.05) is 12.1 Å². The molecule has 0 N–H and O–H groups in total. The van der Waals surface area contributed by atoms with Gasteiger partial charge >= 0.3 is 0 Å². The van der Waals surface area contributed by atoms with Crippen molar-refractivity contribution < 1.29 is 13.6 Å². The second-order valence-corrected chi connectivity index (χ2v) is 7.35. The number of nitrogens with zero attached hydrogens (tertiary/aromatic N) is 2. The normalized spacial score (nSPS) is 15.8. The first-order chi connectivity index (χ1) is 13.9. The van der Waals surface area contributed by atoms with Crippen molar-refractivity contribution >= 4 is 11.6 Å². The maximum atomic E-state index is 13.6. The molecule has 0 unspecified atom stereocenters. The molecule has 3 aromatic rings. The first-order valence-electron chi connectivity index (χ1n) is 9.49. The van der Waals surface area contributed by atoms with Gasteiger partial charge in [0.05, 0.1) is 12.1 Å². The molecule has 0 fully saturated rings. The minimum absolute atomic E-state index is 0.0436. The third-order valence-corrected chi connectivity index (χ3v) is 5.29. The maximum Gasteiger partial charge on any atom is 0.260 e. The Morgan fingerprint density at radius 3 is 2.52 bits per heavy atom. The molecular formula is C23H20F2N2O2. The number of halogens is 2. The van der Waals surface area contributed by atoms with Crippen LogP contribution in [0.1, 0.15) is 34.8 Å². The summed E-state index contributed by atoms with van der Waals surface area (Å²) in [7, 11) is 0. The van der Waals surface area contributed by atoms with Crippen LogP contribution in [0.4, 0.5) is 14.5 Å². The van der Waals surface area contributed by atoms with Crippen molar-refractivity contribution in [1.82, 2.24) is 4.57 Å². The topological polar surface area (TPSA) is 42.3 Å². The Bertz CT molecular complexity index is 1120. The summed E-state index contributed by atoms with van der Waals surface area (Å²) in [5.41, 5.74) is 2.38. The highest BCUT2D eigenvalue weighted by atomic mass is 19.1. The van der Waals surface area contributed by atoms with E-state index in [0.29, 0.717) is 17.7 Å². The zero-order valence-electron chi connectivity index (χ0n) is 15.9. The van der Waals surface area contributed by atoms with Crippen molar-refractivity contribution in [2.75, 3.05) is 4.90 Å². The fraction of sp³-hybridized carbons (Fsp3) is 0.217. The summed E-state index contributed by atoms with van der Waals surface area (Å²) in [6, 6.07) is 13.2. The molecule has 2 aromatic carbocycles. The smallest absolute Gasteiger partial charge is 0.260 e. The van der Waals surface area contributed by atoms with E-state index in [1.165, 1.54) is 47.2 Å². The van der Waals surface area contributed by atoms with Crippen molar-refractivity contribution in [3.63, 3.8) is 0 Å². The molecule has 0 saturated heterocycles. The van der Waals surface area contributed by atoms with E-state index in [4.69, 9.17) is 0 Å². The van der Waals surface area contributed by atoms with Crippen molar-refractivity contribution in [1.29, 1.82) is 0 Å². The van der Waals surface area contributed by atoms with E-state index in [0.717, 1.165) is 17.5 Å². The minimum Gasteiger partial charge on any atom is -0.310 e. The van der Waals surface area contributed by atoms with Crippen molar-refractivity contribution in [3.8, 4) is 0 Å². The van der Waals surface area contributed by atoms with E-state index in [9.17, 15) is 18.4 Å². The number of aromatic nitrogens is 1. The van der Waals surface area contributed by atoms with E-state index in [1.807, 2.05) is 6.92 Å². The number of benzene rings is 2. The van der Waals surface area contributed by atoms with Crippen molar-refractivity contribution in [2.24, 2.45) is 0 Å². The lowest BCUT2D eigenvalue weighted by Gasteiger charge is -2.35. The molecule has 1 amide bonds. The molecule has 29 heavy (non-hydrogen) atoms. The number of carbonyl (C=O) groups excluding carboxylic acids is 1. The molecular weight excluding hydrogens is 374 g/mol. The number of hydrogen-bond acceptors (Lipinski definition) is 2. The van der Waals surface area contributed by atoms with Crippen LogP contribution in [0.5, 0.6) is 0 Å². The summed E-state index contributed by atoms with van der Waals surface area (Å²) in [5.74, 6) is -0.907. The van der Waals surface area contributed by atoms with Crippen LogP contribution >= 0.6 is 0 Å². The SMILES string of the molecule is C[C@H]1CCc2cc(F)ccc2N1C(=O)c1ccc(=O)n(Cc2ccc(F)cc2)c1. The van der Waals surface area contributed by atoms with E-state index in [1.54, 1.807) is 23.1 Å². The molecule has 1 aliphatic heterocycles. The Morgan fingerprint density at radius 2 is 1.76 bits per heavy atom. The monoisotopic (exact) mass is 394 g/mol. The van der Waals surface area contributed by atoms with Crippen LogP contribution < -0.4 is 10.5 Å². The summed E-state index contributed by atoms with van der Waals surface area (Å²) in [4.78, 5) is 27.2. The third-order valence-electron chi connectivity index (χ3n) is 5.29. The van der Waals surface area contributed by atoms with Crippen LogP contribution in [0.15, 0.2) is 65.6 Å². The first-order valence-corrected chi connectivity index (χ1v) is 9.49. The van der Waals surface area contributed by atoms with Crippen LogP contribution in [0.25, 0.3) is 0 Å². The van der Waals surface area contributed by atoms with Gasteiger partial charge in [0.1, 0.15) is 11.6 Å². The quantitative estimate of drug-likeness (QED) is 0.670. The summed E-state index contributed by atoms with van der Waals surface area (Å²) in [6.07, 6.45) is 2.97. The molecule has 0 spiro atoms. The van der Waals surface area contributed by atoms with Gasteiger partial charge in [0.15, 0.2) is 0 Å². The van der Waals surface area contributed by atoms with Gasteiger partial charge in [-0.15, -0.1) is 0 Å². The second-order valence-electron chi connectivity index (χ2n) is 7.35. The molecule has 0 aliphatic carbocycles. The van der Waals surface area contributed by atoms with E-state index < -0.39 is 0 Å². The van der Waals surface area contributed by atoms with E-state index in [2.05, 4.69) is 0 Å². The number of pyridine rings is 1. The zero-order valence-corrected chi connectivity index (χ0v) is 15.9. The molecule has 2 heterocycles. The molecule has 0 saturated carbocycles. The van der Waals surface area contributed by atoms with Crippen LogP contribution in [0.2, 0.25) is 0 Å². The predicted octanol–water partition coefficient (Wildman–Crippen LogP) is 4.16. The van der Waals surface area contributed by atoms with Gasteiger partial charge < -0.3 is 9.47 Å². The second kappa shape index (κ2) is 7.62. The van der Waals surface area contributed by atoms with Crippen LogP contribution in [0, 0.1) is 11.6 Å². The highest BCUT2D eigenvalue weighted by molar-refractivity contribution is 6.07. The lowest BCUT2D eigenvalue weighted by Crippen LogP contribution is -2.42. The minimum atomic E-state index is -0.348. The molecule has 1 aliphatic rings. The number of fused-ring (bicyclic) bond motifs is 1. The van der Waals surface area contributed by atoms with Gasteiger partial charge in [0, 0.05) is 24.0 Å². The number of anilines is 1. The molecule has 1 aromatic heterocycles. The summed E-state index contributed by atoms with van der Waals surface area (Å²) in [5, 5.41) is 0. The van der Waals surface area contributed by atoms with Crippen LogP contribution in [-0.2, 0) is 13.0 Å². The summed E-state index contributed by atoms with van der Waals surface area (Å²) >= 11 is 0. The number of carbonyl (C=O) groups is 1. The van der Waals surface area contributed by atoms with E-state index >= 15 is 0 Å². The number of amides is 1. The third kappa shape index (κ3) is 3.83. The first kappa shape index (κ1) is 19.1. The lowest BCUT2D eigenvalue weighted by molar-refractivity contribution is 0.0974. The van der Waals surface area contributed by atoms with Gasteiger partial charge in [-0.25, -0.2) is 8.78 Å². The summed E-state index contributed by atoms with van der Waals surface area (Å²) < 4.78 is 28.2. The number of hydrogen-bond donors (Lipinski definition) is 0. The molecule has 4 rings (SSSR count). The molecule has 148 valence electrons. The Morgan fingerprint density at radius 1 is 1.03 bits per heavy atom. The molecule has 6 heteroatoms. The van der Waals surface area contributed by atoms with E-state index in [-0.39, 0.29) is 35.7 Å².